The van der Waals surface area contributed by atoms with E-state index < -0.39 is 0 Å². The molecule has 0 radical (unpaired) electrons. The Balaban J connectivity index is 2.06. The molecule has 1 aliphatic rings. The van der Waals surface area contributed by atoms with Gasteiger partial charge in [0.1, 0.15) is 0 Å². The highest BCUT2D eigenvalue weighted by molar-refractivity contribution is 9.10. The summed E-state index contributed by atoms with van der Waals surface area (Å²) >= 11 is 3.55. The van der Waals surface area contributed by atoms with Crippen LogP contribution in [0.2, 0.25) is 0 Å². The third kappa shape index (κ3) is 1.68. The summed E-state index contributed by atoms with van der Waals surface area (Å²) in [7, 11) is 2.20. The maximum absolute atomic E-state index is 3.55. The van der Waals surface area contributed by atoms with Gasteiger partial charge in [-0.3, -0.25) is 0 Å². The molecule has 16 heavy (non-hydrogen) atoms. The Morgan fingerprint density at radius 1 is 1.44 bits per heavy atom. The number of fused-ring (bicyclic) bond motifs is 1. The lowest BCUT2D eigenvalue weighted by Gasteiger charge is -2.09. The van der Waals surface area contributed by atoms with Crippen molar-refractivity contribution in [3.8, 4) is 0 Å². The fourth-order valence-corrected chi connectivity index (χ4v) is 3.00. The van der Waals surface area contributed by atoms with Crippen molar-refractivity contribution in [3.05, 3.63) is 34.4 Å². The number of likely N-dealkylation sites (N-methyl/N-ethyl adjacent to an activating group) is 1. The van der Waals surface area contributed by atoms with Gasteiger partial charge in [0.05, 0.1) is 0 Å². The van der Waals surface area contributed by atoms with Crippen molar-refractivity contribution in [2.75, 3.05) is 20.1 Å². The average Bonchev–Trinajstić information content (AvgIpc) is 2.83. The van der Waals surface area contributed by atoms with Crippen molar-refractivity contribution in [1.82, 2.24) is 9.88 Å². The molecule has 0 unspecified atom stereocenters. The smallest absolute Gasteiger partial charge is 0.0457 e. The van der Waals surface area contributed by atoms with Crippen LogP contribution in [0.15, 0.2) is 28.9 Å². The SMILES string of the molecule is CN1CC[C@H](c2c[nH]c3ccc(Br)cc23)C1. The minimum absolute atomic E-state index is 0.688. The number of nitrogens with zero attached hydrogens (tertiary/aromatic N) is 1. The molecule has 1 atom stereocenters. The average molecular weight is 279 g/mol. The van der Waals surface area contributed by atoms with Crippen LogP contribution >= 0.6 is 15.9 Å². The molecule has 0 saturated carbocycles. The number of hydrogen-bond acceptors (Lipinski definition) is 1. The first-order chi connectivity index (χ1) is 7.74. The molecule has 0 bridgehead atoms. The van der Waals surface area contributed by atoms with Gasteiger partial charge in [0.25, 0.3) is 0 Å². The van der Waals surface area contributed by atoms with Gasteiger partial charge in [-0.15, -0.1) is 0 Å². The minimum atomic E-state index is 0.688. The second-order valence-electron chi connectivity index (χ2n) is 4.68. The maximum Gasteiger partial charge on any atom is 0.0457 e. The van der Waals surface area contributed by atoms with Gasteiger partial charge in [-0.05, 0) is 49.7 Å². The summed E-state index contributed by atoms with van der Waals surface area (Å²) in [6.45, 7) is 2.39. The van der Waals surface area contributed by atoms with Gasteiger partial charge in [-0.1, -0.05) is 15.9 Å². The molecule has 2 nitrogen and oxygen atoms in total. The molecule has 0 spiro atoms. The molecule has 1 fully saturated rings. The summed E-state index contributed by atoms with van der Waals surface area (Å²) in [4.78, 5) is 5.77. The highest BCUT2D eigenvalue weighted by Crippen LogP contribution is 2.33. The van der Waals surface area contributed by atoms with Crippen LogP contribution in [-0.4, -0.2) is 30.0 Å². The first-order valence-corrected chi connectivity index (χ1v) is 6.48. The van der Waals surface area contributed by atoms with E-state index in [-0.39, 0.29) is 0 Å². The van der Waals surface area contributed by atoms with Crippen LogP contribution in [0.25, 0.3) is 10.9 Å². The third-order valence-electron chi connectivity index (χ3n) is 3.51. The molecule has 84 valence electrons. The number of H-pyrrole nitrogens is 1. The van der Waals surface area contributed by atoms with Crippen LogP contribution in [0.4, 0.5) is 0 Å². The predicted molar refractivity (Wildman–Crippen MR) is 70.9 cm³/mol. The predicted octanol–water partition coefficient (Wildman–Crippen LogP) is 3.35. The van der Waals surface area contributed by atoms with E-state index in [0.717, 1.165) is 4.47 Å². The number of rotatable bonds is 1. The molecule has 1 aliphatic heterocycles. The summed E-state index contributed by atoms with van der Waals surface area (Å²) in [5.41, 5.74) is 2.72. The monoisotopic (exact) mass is 278 g/mol. The summed E-state index contributed by atoms with van der Waals surface area (Å²) < 4.78 is 1.16. The van der Waals surface area contributed by atoms with Crippen LogP contribution in [0.3, 0.4) is 0 Å². The second kappa shape index (κ2) is 3.90. The Morgan fingerprint density at radius 3 is 3.06 bits per heavy atom. The summed E-state index contributed by atoms with van der Waals surface area (Å²) in [6, 6.07) is 6.45. The fourth-order valence-electron chi connectivity index (χ4n) is 2.64. The van der Waals surface area contributed by atoms with Crippen LogP contribution in [0.5, 0.6) is 0 Å². The first-order valence-electron chi connectivity index (χ1n) is 5.69. The van der Waals surface area contributed by atoms with Gasteiger partial charge < -0.3 is 9.88 Å². The maximum atomic E-state index is 3.55. The summed E-state index contributed by atoms with van der Waals surface area (Å²) in [5.74, 6) is 0.688. The zero-order valence-corrected chi connectivity index (χ0v) is 10.9. The minimum Gasteiger partial charge on any atom is -0.361 e. The molecule has 1 N–H and O–H groups in total. The van der Waals surface area contributed by atoms with E-state index in [1.165, 1.54) is 36.0 Å². The Morgan fingerprint density at radius 2 is 2.31 bits per heavy atom. The fraction of sp³-hybridized carbons (Fsp3) is 0.385. The van der Waals surface area contributed by atoms with E-state index in [1.807, 2.05) is 0 Å². The van der Waals surface area contributed by atoms with E-state index in [1.54, 1.807) is 0 Å². The Kier molecular flexibility index (Phi) is 2.52. The van der Waals surface area contributed by atoms with E-state index >= 15 is 0 Å². The number of nitrogens with one attached hydrogen (secondary N) is 1. The normalized spacial score (nSPS) is 22.0. The van der Waals surface area contributed by atoms with Crippen LogP contribution in [0, 0.1) is 0 Å². The van der Waals surface area contributed by atoms with E-state index in [9.17, 15) is 0 Å². The summed E-state index contributed by atoms with van der Waals surface area (Å²) in [6.07, 6.45) is 3.46. The Labute approximate surface area is 104 Å². The Hall–Kier alpha value is -0.800. The third-order valence-corrected chi connectivity index (χ3v) is 4.00. The molecule has 2 heterocycles. The molecule has 0 amide bonds. The largest absolute Gasteiger partial charge is 0.361 e. The van der Waals surface area contributed by atoms with E-state index in [2.05, 4.69) is 57.3 Å². The standard InChI is InChI=1S/C13H15BrN2/c1-16-5-4-9(8-16)12-7-15-13-3-2-10(14)6-11(12)13/h2-3,6-7,9,15H,4-5,8H2,1H3/t9-/m0/s1. The van der Waals surface area contributed by atoms with Crippen LogP contribution in [0.1, 0.15) is 17.9 Å². The number of halogens is 1. The van der Waals surface area contributed by atoms with Gasteiger partial charge >= 0.3 is 0 Å². The Bertz CT molecular complexity index is 518. The van der Waals surface area contributed by atoms with Crippen molar-refractivity contribution in [2.24, 2.45) is 0 Å². The molecule has 1 saturated heterocycles. The molecule has 3 rings (SSSR count). The van der Waals surface area contributed by atoms with Gasteiger partial charge in [0, 0.05) is 28.1 Å². The quantitative estimate of drug-likeness (QED) is 0.848. The number of aromatic nitrogens is 1. The van der Waals surface area contributed by atoms with Gasteiger partial charge in [0.2, 0.25) is 0 Å². The molecule has 3 heteroatoms. The lowest BCUT2D eigenvalue weighted by atomic mass is 9.98. The van der Waals surface area contributed by atoms with E-state index in [4.69, 9.17) is 0 Å². The number of hydrogen-bond donors (Lipinski definition) is 1. The molecule has 2 aromatic rings. The van der Waals surface area contributed by atoms with Crippen LogP contribution in [-0.2, 0) is 0 Å². The number of aromatic amines is 1. The number of likely N-dealkylation sites (tertiary alicyclic amines) is 1. The van der Waals surface area contributed by atoms with Gasteiger partial charge in [-0.2, -0.15) is 0 Å². The lowest BCUT2D eigenvalue weighted by Crippen LogP contribution is -2.13. The lowest BCUT2D eigenvalue weighted by molar-refractivity contribution is 0.412. The van der Waals surface area contributed by atoms with Crippen molar-refractivity contribution >= 4 is 26.8 Å². The van der Waals surface area contributed by atoms with Crippen molar-refractivity contribution < 1.29 is 0 Å². The molecule has 0 aliphatic carbocycles. The van der Waals surface area contributed by atoms with Crippen molar-refractivity contribution in [2.45, 2.75) is 12.3 Å². The highest BCUT2D eigenvalue weighted by Gasteiger charge is 2.23. The van der Waals surface area contributed by atoms with Crippen molar-refractivity contribution in [3.63, 3.8) is 0 Å². The van der Waals surface area contributed by atoms with Gasteiger partial charge in [0.15, 0.2) is 0 Å². The van der Waals surface area contributed by atoms with E-state index in [0.29, 0.717) is 5.92 Å². The van der Waals surface area contributed by atoms with Crippen molar-refractivity contribution in [1.29, 1.82) is 0 Å². The topological polar surface area (TPSA) is 19.0 Å². The summed E-state index contributed by atoms with van der Waals surface area (Å²) in [5, 5.41) is 1.37. The highest BCUT2D eigenvalue weighted by atomic mass is 79.9. The first kappa shape index (κ1) is 10.4. The van der Waals surface area contributed by atoms with Gasteiger partial charge in [-0.25, -0.2) is 0 Å². The second-order valence-corrected chi connectivity index (χ2v) is 5.60. The number of benzene rings is 1. The zero-order valence-electron chi connectivity index (χ0n) is 9.33. The van der Waals surface area contributed by atoms with Crippen LogP contribution < -0.4 is 0 Å². The zero-order chi connectivity index (χ0) is 11.1. The molecule has 1 aromatic carbocycles. The molecular formula is C13H15BrN2. The molecular weight excluding hydrogens is 264 g/mol. The molecule has 1 aromatic heterocycles.